The molecule has 1 saturated heterocycles. The number of nitrogens with two attached hydrogens (primary N) is 1. The van der Waals surface area contributed by atoms with Gasteiger partial charge in [-0.15, -0.1) is 0 Å². The highest BCUT2D eigenvalue weighted by Gasteiger charge is 2.30. The van der Waals surface area contributed by atoms with Gasteiger partial charge in [-0.3, -0.25) is 0 Å². The molecule has 2 unspecified atom stereocenters. The van der Waals surface area contributed by atoms with Crippen LogP contribution in [0, 0.1) is 5.92 Å². The molecule has 4 heteroatoms. The van der Waals surface area contributed by atoms with Crippen LogP contribution in [0.5, 0.6) is 0 Å². The van der Waals surface area contributed by atoms with E-state index in [-0.39, 0.29) is 0 Å². The molecule has 88 valence electrons. The van der Waals surface area contributed by atoms with Crippen molar-refractivity contribution < 1.29 is 0 Å². The number of halogens is 2. The molecule has 0 spiro atoms. The van der Waals surface area contributed by atoms with Crippen LogP contribution >= 0.6 is 23.2 Å². The standard InChI is InChI=1S/C12H16Cl2N2/c1-8-9(7-15)4-5-16(8)12-3-2-10(13)6-11(12)14/h2-3,6,8-9H,4-5,7,15H2,1H3. The fourth-order valence-corrected chi connectivity index (χ4v) is 2.89. The fourth-order valence-electron chi connectivity index (χ4n) is 2.37. The molecule has 1 aromatic rings. The van der Waals surface area contributed by atoms with Crippen LogP contribution in [0.3, 0.4) is 0 Å². The van der Waals surface area contributed by atoms with Crippen molar-refractivity contribution in [2.75, 3.05) is 18.0 Å². The zero-order valence-corrected chi connectivity index (χ0v) is 10.8. The van der Waals surface area contributed by atoms with Gasteiger partial charge >= 0.3 is 0 Å². The highest BCUT2D eigenvalue weighted by atomic mass is 35.5. The maximum absolute atomic E-state index is 6.21. The zero-order valence-electron chi connectivity index (χ0n) is 9.29. The summed E-state index contributed by atoms with van der Waals surface area (Å²) in [6.07, 6.45) is 1.14. The lowest BCUT2D eigenvalue weighted by molar-refractivity contribution is 0.508. The van der Waals surface area contributed by atoms with Crippen molar-refractivity contribution in [2.24, 2.45) is 11.7 Å². The number of hydrogen-bond donors (Lipinski definition) is 1. The lowest BCUT2D eigenvalue weighted by atomic mass is 10.0. The summed E-state index contributed by atoms with van der Waals surface area (Å²) in [6.45, 7) is 3.96. The van der Waals surface area contributed by atoms with E-state index >= 15 is 0 Å². The highest BCUT2D eigenvalue weighted by molar-refractivity contribution is 6.36. The highest BCUT2D eigenvalue weighted by Crippen LogP contribution is 2.35. The van der Waals surface area contributed by atoms with Gasteiger partial charge in [-0.1, -0.05) is 23.2 Å². The first-order chi connectivity index (χ1) is 7.63. The summed E-state index contributed by atoms with van der Waals surface area (Å²) in [5, 5.41) is 1.40. The normalized spacial score (nSPS) is 25.1. The summed E-state index contributed by atoms with van der Waals surface area (Å²) in [5.74, 6) is 0.562. The van der Waals surface area contributed by atoms with Gasteiger partial charge in [0.05, 0.1) is 10.7 Å². The molecule has 1 aliphatic rings. The second-order valence-corrected chi connectivity index (χ2v) is 5.16. The molecule has 1 aromatic carbocycles. The van der Waals surface area contributed by atoms with E-state index in [0.717, 1.165) is 30.2 Å². The van der Waals surface area contributed by atoms with Crippen molar-refractivity contribution in [3.8, 4) is 0 Å². The Labute approximate surface area is 106 Å². The zero-order chi connectivity index (χ0) is 11.7. The number of anilines is 1. The molecule has 0 aromatic heterocycles. The maximum Gasteiger partial charge on any atom is 0.0654 e. The molecule has 16 heavy (non-hydrogen) atoms. The monoisotopic (exact) mass is 258 g/mol. The molecule has 1 aliphatic heterocycles. The maximum atomic E-state index is 6.21. The SMILES string of the molecule is CC1C(CN)CCN1c1ccc(Cl)cc1Cl. The number of rotatable bonds is 2. The molecular weight excluding hydrogens is 243 g/mol. The number of nitrogens with zero attached hydrogens (tertiary/aromatic N) is 1. The van der Waals surface area contributed by atoms with Crippen LogP contribution in [-0.4, -0.2) is 19.1 Å². The van der Waals surface area contributed by atoms with Gasteiger partial charge in [0.2, 0.25) is 0 Å². The Balaban J connectivity index is 2.25. The predicted octanol–water partition coefficient (Wildman–Crippen LogP) is 3.17. The summed E-state index contributed by atoms with van der Waals surface area (Å²) >= 11 is 12.1. The lowest BCUT2D eigenvalue weighted by Crippen LogP contribution is -2.32. The fraction of sp³-hybridized carbons (Fsp3) is 0.500. The second kappa shape index (κ2) is 4.82. The molecule has 0 radical (unpaired) electrons. The first-order valence-corrected chi connectivity index (χ1v) is 6.31. The summed E-state index contributed by atoms with van der Waals surface area (Å²) in [6, 6.07) is 6.11. The lowest BCUT2D eigenvalue weighted by Gasteiger charge is -2.27. The van der Waals surface area contributed by atoms with E-state index in [0.29, 0.717) is 17.0 Å². The predicted molar refractivity (Wildman–Crippen MR) is 70.4 cm³/mol. The van der Waals surface area contributed by atoms with Crippen molar-refractivity contribution in [3.63, 3.8) is 0 Å². The molecule has 0 bridgehead atoms. The quantitative estimate of drug-likeness (QED) is 0.883. The Hall–Kier alpha value is -0.440. The van der Waals surface area contributed by atoms with Gasteiger partial charge < -0.3 is 10.6 Å². The first kappa shape index (κ1) is 12.0. The molecule has 2 rings (SSSR count). The van der Waals surface area contributed by atoms with Crippen molar-refractivity contribution in [2.45, 2.75) is 19.4 Å². The van der Waals surface area contributed by atoms with E-state index in [1.165, 1.54) is 0 Å². The Morgan fingerprint density at radius 1 is 1.44 bits per heavy atom. The van der Waals surface area contributed by atoms with E-state index in [2.05, 4.69) is 11.8 Å². The van der Waals surface area contributed by atoms with E-state index < -0.39 is 0 Å². The summed E-state index contributed by atoms with van der Waals surface area (Å²) in [5.41, 5.74) is 6.81. The van der Waals surface area contributed by atoms with Crippen molar-refractivity contribution in [1.82, 2.24) is 0 Å². The van der Waals surface area contributed by atoms with Gasteiger partial charge in [0.1, 0.15) is 0 Å². The Bertz CT molecular complexity index is 381. The van der Waals surface area contributed by atoms with E-state index in [4.69, 9.17) is 28.9 Å². The van der Waals surface area contributed by atoms with Gasteiger partial charge in [-0.05, 0) is 44.0 Å². The number of hydrogen-bond acceptors (Lipinski definition) is 2. The smallest absolute Gasteiger partial charge is 0.0654 e. The van der Waals surface area contributed by atoms with Gasteiger partial charge in [0.15, 0.2) is 0 Å². The van der Waals surface area contributed by atoms with Crippen LogP contribution in [0.1, 0.15) is 13.3 Å². The van der Waals surface area contributed by atoms with Gasteiger partial charge in [0, 0.05) is 17.6 Å². The Kier molecular flexibility index (Phi) is 3.63. The molecule has 0 amide bonds. The second-order valence-electron chi connectivity index (χ2n) is 4.31. The van der Waals surface area contributed by atoms with Crippen LogP contribution in [0.25, 0.3) is 0 Å². The topological polar surface area (TPSA) is 29.3 Å². The van der Waals surface area contributed by atoms with E-state index in [9.17, 15) is 0 Å². The third-order valence-corrected chi connectivity index (χ3v) is 3.97. The molecule has 2 N–H and O–H groups in total. The van der Waals surface area contributed by atoms with E-state index in [1.807, 2.05) is 12.1 Å². The molecular formula is C12H16Cl2N2. The van der Waals surface area contributed by atoms with Gasteiger partial charge in [0.25, 0.3) is 0 Å². The van der Waals surface area contributed by atoms with Crippen LogP contribution in [-0.2, 0) is 0 Å². The van der Waals surface area contributed by atoms with Crippen molar-refractivity contribution >= 4 is 28.9 Å². The first-order valence-electron chi connectivity index (χ1n) is 5.55. The van der Waals surface area contributed by atoms with Gasteiger partial charge in [-0.25, -0.2) is 0 Å². The summed E-state index contributed by atoms with van der Waals surface area (Å²) in [7, 11) is 0. The molecule has 0 aliphatic carbocycles. The molecule has 0 saturated carbocycles. The molecule has 2 atom stereocenters. The van der Waals surface area contributed by atoms with Gasteiger partial charge in [-0.2, -0.15) is 0 Å². The third-order valence-electron chi connectivity index (χ3n) is 3.44. The van der Waals surface area contributed by atoms with Crippen molar-refractivity contribution in [1.29, 1.82) is 0 Å². The Morgan fingerprint density at radius 3 is 2.75 bits per heavy atom. The average molecular weight is 259 g/mol. The number of benzene rings is 1. The average Bonchev–Trinajstić information content (AvgIpc) is 2.60. The molecule has 2 nitrogen and oxygen atoms in total. The largest absolute Gasteiger partial charge is 0.367 e. The molecule has 1 heterocycles. The minimum atomic E-state index is 0.448. The van der Waals surface area contributed by atoms with Crippen molar-refractivity contribution in [3.05, 3.63) is 28.2 Å². The minimum absolute atomic E-state index is 0.448. The summed E-state index contributed by atoms with van der Waals surface area (Å²) in [4.78, 5) is 2.32. The van der Waals surface area contributed by atoms with E-state index in [1.54, 1.807) is 6.07 Å². The van der Waals surface area contributed by atoms with Crippen LogP contribution in [0.2, 0.25) is 10.0 Å². The summed E-state index contributed by atoms with van der Waals surface area (Å²) < 4.78 is 0. The Morgan fingerprint density at radius 2 is 2.19 bits per heavy atom. The van der Waals surface area contributed by atoms with Crippen LogP contribution < -0.4 is 10.6 Å². The minimum Gasteiger partial charge on any atom is -0.367 e. The molecule has 1 fully saturated rings. The van der Waals surface area contributed by atoms with Crippen LogP contribution in [0.15, 0.2) is 18.2 Å². The van der Waals surface area contributed by atoms with Crippen LogP contribution in [0.4, 0.5) is 5.69 Å². The third kappa shape index (κ3) is 2.15.